The Morgan fingerprint density at radius 3 is 2.00 bits per heavy atom. The second-order valence-corrected chi connectivity index (χ2v) is 18.7. The predicted octanol–water partition coefficient (Wildman–Crippen LogP) is 13.3. The van der Waals surface area contributed by atoms with E-state index in [4.69, 9.17) is 53.6 Å². The number of halogens is 3. The summed E-state index contributed by atoms with van der Waals surface area (Å²) in [6.45, 7) is 2.53. The van der Waals surface area contributed by atoms with Crippen LogP contribution in [0, 0.1) is 0 Å². The Balaban J connectivity index is 1.09. The van der Waals surface area contributed by atoms with Crippen molar-refractivity contribution in [3.63, 3.8) is 0 Å². The van der Waals surface area contributed by atoms with E-state index in [1.165, 1.54) is 94.7 Å². The molecule has 66 heavy (non-hydrogen) atoms. The summed E-state index contributed by atoms with van der Waals surface area (Å²) in [5, 5.41) is 12.8. The number of rotatable bonds is 28. The molecule has 1 aliphatic heterocycles. The Hall–Kier alpha value is -4.93. The first kappa shape index (κ1) is 52.0. The van der Waals surface area contributed by atoms with E-state index in [-0.39, 0.29) is 52.8 Å². The lowest BCUT2D eigenvalue weighted by atomic mass is 10.0. The van der Waals surface area contributed by atoms with Gasteiger partial charge in [0.25, 0.3) is 16.0 Å². The number of nitrogens with one attached hydrogen (secondary N) is 2. The summed E-state index contributed by atoms with van der Waals surface area (Å²) < 4.78 is 47.8. The zero-order valence-corrected chi connectivity index (χ0v) is 40.3. The fraction of sp³-hybridized carbons (Fsp3) is 0.438. The molecule has 1 heterocycles. The first-order valence-corrected chi connectivity index (χ1v) is 25.3. The first-order valence-electron chi connectivity index (χ1n) is 22.6. The topological polar surface area (TPSA) is 181 Å². The Morgan fingerprint density at radius 2 is 1.35 bits per heavy atom. The number of aliphatic imine (C=N–C) groups is 1. The zero-order chi connectivity index (χ0) is 47.2. The number of anilines is 2. The number of azo groups is 1. The van der Waals surface area contributed by atoms with E-state index in [1.807, 2.05) is 18.2 Å². The van der Waals surface area contributed by atoms with Crippen LogP contribution in [0.3, 0.4) is 0 Å². The number of hydrogen-bond donors (Lipinski definition) is 3. The lowest BCUT2D eigenvalue weighted by Crippen LogP contribution is -2.36. The van der Waals surface area contributed by atoms with E-state index in [2.05, 4.69) is 39.0 Å². The molecule has 2 amide bonds. The van der Waals surface area contributed by atoms with Crippen molar-refractivity contribution in [2.24, 2.45) is 15.2 Å². The van der Waals surface area contributed by atoms with Gasteiger partial charge < -0.3 is 14.2 Å². The summed E-state index contributed by atoms with van der Waals surface area (Å²) >= 11 is 19.1. The number of hydrazine groups is 1. The van der Waals surface area contributed by atoms with Crippen LogP contribution < -0.4 is 25.2 Å². The van der Waals surface area contributed by atoms with Gasteiger partial charge in [0.15, 0.2) is 5.84 Å². The highest BCUT2D eigenvalue weighted by Gasteiger charge is 2.41. The third-order valence-electron chi connectivity index (χ3n) is 10.5. The number of unbranched alkanes of at least 4 members (excludes halogenated alkanes) is 12. The summed E-state index contributed by atoms with van der Waals surface area (Å²) in [5.74, 6) is 0.161. The van der Waals surface area contributed by atoms with Gasteiger partial charge in [-0.1, -0.05) is 137 Å². The molecule has 4 aromatic carbocycles. The van der Waals surface area contributed by atoms with Crippen LogP contribution in [0.15, 0.2) is 100 Å². The molecule has 1 aliphatic rings. The highest BCUT2D eigenvalue weighted by molar-refractivity contribution is 7.85. The standard InChI is InChI=1S/C48H59Cl3N6O8S/c1-2-3-4-5-6-7-8-9-10-11-12-13-14-18-35-19-15-21-40(31-35)64-28-29-65-48(59)53-38-25-23-37(24-26-38)52-46-44(47(58)57(56-46)45-42(50)32-36(49)33-43(45)51)55-54-39-20-16-22-41(34-39)63-27-17-30-66(60,61)62/h15-16,19-26,31-34,44H,2-14,17-18,27-30H2,1H3,(H,52,56)(H,53,59)(H,60,61,62). The van der Waals surface area contributed by atoms with Crippen LogP contribution in [0.4, 0.5) is 27.5 Å². The summed E-state index contributed by atoms with van der Waals surface area (Å²) in [6.07, 6.45) is 17.7. The molecule has 0 spiro atoms. The van der Waals surface area contributed by atoms with E-state index in [9.17, 15) is 18.0 Å². The summed E-state index contributed by atoms with van der Waals surface area (Å²) in [5.41, 5.74) is 5.48. The molecular formula is C48H59Cl3N6O8S. The van der Waals surface area contributed by atoms with Crippen molar-refractivity contribution < 1.29 is 36.8 Å². The Kier molecular flexibility index (Phi) is 21.8. The summed E-state index contributed by atoms with van der Waals surface area (Å²) in [4.78, 5) is 31.1. The van der Waals surface area contributed by atoms with Gasteiger partial charge in [-0.05, 0) is 85.5 Å². The van der Waals surface area contributed by atoms with Gasteiger partial charge in [0.2, 0.25) is 6.04 Å². The molecular weight excluding hydrogens is 927 g/mol. The predicted molar refractivity (Wildman–Crippen MR) is 263 cm³/mol. The fourth-order valence-electron chi connectivity index (χ4n) is 7.11. The number of ether oxygens (including phenoxy) is 3. The molecule has 0 radical (unpaired) electrons. The Bertz CT molecular complexity index is 2330. The minimum absolute atomic E-state index is 0.0271. The highest BCUT2D eigenvalue weighted by atomic mass is 35.5. The summed E-state index contributed by atoms with van der Waals surface area (Å²) in [7, 11) is -4.11. The average Bonchev–Trinajstić information content (AvgIpc) is 3.57. The van der Waals surface area contributed by atoms with Gasteiger partial charge in [-0.2, -0.15) is 18.6 Å². The van der Waals surface area contributed by atoms with E-state index >= 15 is 0 Å². The van der Waals surface area contributed by atoms with Crippen molar-refractivity contribution in [3.05, 3.63) is 106 Å². The monoisotopic (exact) mass is 984 g/mol. The van der Waals surface area contributed by atoms with Gasteiger partial charge in [-0.3, -0.25) is 20.1 Å². The molecule has 1 saturated heterocycles. The lowest BCUT2D eigenvalue weighted by molar-refractivity contribution is -0.117. The smallest absolute Gasteiger partial charge is 0.411 e. The molecule has 356 valence electrons. The number of amidine groups is 1. The van der Waals surface area contributed by atoms with Gasteiger partial charge in [0, 0.05) is 16.8 Å². The minimum Gasteiger partial charge on any atom is -0.493 e. The summed E-state index contributed by atoms with van der Waals surface area (Å²) in [6, 6.07) is 22.6. The number of benzene rings is 4. The average molecular weight is 986 g/mol. The zero-order valence-electron chi connectivity index (χ0n) is 37.2. The van der Waals surface area contributed by atoms with Gasteiger partial charge in [0.1, 0.15) is 30.4 Å². The van der Waals surface area contributed by atoms with E-state index in [0.717, 1.165) is 23.6 Å². The van der Waals surface area contributed by atoms with Crippen molar-refractivity contribution in [3.8, 4) is 11.5 Å². The van der Waals surface area contributed by atoms with Crippen LogP contribution in [0.1, 0.15) is 102 Å². The Morgan fingerprint density at radius 1 is 0.742 bits per heavy atom. The van der Waals surface area contributed by atoms with Crippen molar-refractivity contribution in [1.82, 2.24) is 5.43 Å². The van der Waals surface area contributed by atoms with Gasteiger partial charge in [-0.25, -0.2) is 14.8 Å². The van der Waals surface area contributed by atoms with Crippen LogP contribution in [0.25, 0.3) is 0 Å². The van der Waals surface area contributed by atoms with Crippen molar-refractivity contribution in [2.45, 2.75) is 109 Å². The molecule has 14 nitrogen and oxygen atoms in total. The minimum atomic E-state index is -4.11. The number of carbonyl (C=O) groups excluding carboxylic acids is 2. The number of nitrogens with zero attached hydrogens (tertiary/aromatic N) is 4. The number of amides is 2. The molecule has 0 aliphatic carbocycles. The normalized spacial score (nSPS) is 14.5. The Labute approximate surface area is 403 Å². The molecule has 0 bridgehead atoms. The lowest BCUT2D eigenvalue weighted by Gasteiger charge is -2.18. The largest absolute Gasteiger partial charge is 0.493 e. The quantitative estimate of drug-likeness (QED) is 0.0283. The van der Waals surface area contributed by atoms with Crippen LogP contribution in [0.5, 0.6) is 11.5 Å². The van der Waals surface area contributed by atoms with E-state index in [0.29, 0.717) is 22.8 Å². The van der Waals surface area contributed by atoms with Gasteiger partial charge >= 0.3 is 6.09 Å². The maximum Gasteiger partial charge on any atom is 0.411 e. The molecule has 18 heteroatoms. The van der Waals surface area contributed by atoms with Gasteiger partial charge in [-0.15, -0.1) is 0 Å². The van der Waals surface area contributed by atoms with Crippen LogP contribution in [-0.2, 0) is 26.1 Å². The maximum absolute atomic E-state index is 13.9. The van der Waals surface area contributed by atoms with Crippen molar-refractivity contribution >= 4 is 85.5 Å². The SMILES string of the molecule is CCCCCCCCCCCCCCCc1cccc(OCCOC(=O)Nc2ccc(N=C3NN(c4c(Cl)cc(Cl)cc4Cl)C(=O)C3N=Nc3cccc(OCCCS(=O)(=O)O)c3)cc2)c1. The third kappa shape index (κ3) is 18.4. The number of carbonyl (C=O) groups is 2. The molecule has 0 saturated carbocycles. The molecule has 5 rings (SSSR count). The molecule has 1 atom stereocenters. The molecule has 3 N–H and O–H groups in total. The van der Waals surface area contributed by atoms with E-state index < -0.39 is 33.9 Å². The molecule has 1 unspecified atom stereocenters. The molecule has 1 fully saturated rings. The van der Waals surface area contributed by atoms with E-state index in [1.54, 1.807) is 48.5 Å². The number of aryl methyl sites for hydroxylation is 1. The van der Waals surface area contributed by atoms with Crippen LogP contribution in [-0.4, -0.2) is 62.4 Å². The molecule has 0 aromatic heterocycles. The number of hydrogen-bond acceptors (Lipinski definition) is 10. The first-order chi connectivity index (χ1) is 31.9. The van der Waals surface area contributed by atoms with Crippen molar-refractivity contribution in [1.29, 1.82) is 0 Å². The fourth-order valence-corrected chi connectivity index (χ4v) is 8.58. The van der Waals surface area contributed by atoms with Gasteiger partial charge in [0.05, 0.1) is 33.8 Å². The molecule has 4 aromatic rings. The van der Waals surface area contributed by atoms with Crippen LogP contribution in [0.2, 0.25) is 15.1 Å². The third-order valence-corrected chi connectivity index (χ3v) is 12.1. The second kappa shape index (κ2) is 27.6. The van der Waals surface area contributed by atoms with Crippen LogP contribution >= 0.6 is 34.8 Å². The second-order valence-electron chi connectivity index (χ2n) is 15.9. The highest BCUT2D eigenvalue weighted by Crippen LogP contribution is 2.38. The van der Waals surface area contributed by atoms with Crippen molar-refractivity contribution in [2.75, 3.05) is 35.9 Å². The maximum atomic E-state index is 13.9.